The van der Waals surface area contributed by atoms with Crippen LogP contribution in [-0.4, -0.2) is 28.2 Å². The molecule has 0 aliphatic rings. The van der Waals surface area contributed by atoms with Crippen LogP contribution < -0.4 is 0 Å². The van der Waals surface area contributed by atoms with Crippen molar-refractivity contribution in [1.29, 1.82) is 0 Å². The number of aromatic nitrogens is 1. The summed E-state index contributed by atoms with van der Waals surface area (Å²) in [4.78, 5) is 25.5. The second-order valence-corrected chi connectivity index (χ2v) is 6.83. The van der Waals surface area contributed by atoms with Gasteiger partial charge in [0.25, 0.3) is 5.91 Å². The van der Waals surface area contributed by atoms with E-state index in [0.29, 0.717) is 12.1 Å². The summed E-state index contributed by atoms with van der Waals surface area (Å²) in [5.41, 5.74) is 0.822. The largest absolute Gasteiger partial charge is 0.505 e. The lowest BCUT2D eigenvalue weighted by atomic mass is 9.97. The molecule has 1 heterocycles. The Labute approximate surface area is 166 Å². The van der Waals surface area contributed by atoms with Gasteiger partial charge in [-0.05, 0) is 56.2 Å². The Morgan fingerprint density at radius 3 is 2.59 bits per heavy atom. The number of hydrogen-bond acceptors (Lipinski definition) is 4. The molecule has 7 heteroatoms. The van der Waals surface area contributed by atoms with Crippen molar-refractivity contribution >= 4 is 22.8 Å². The van der Waals surface area contributed by atoms with Gasteiger partial charge < -0.3 is 9.84 Å². The Morgan fingerprint density at radius 1 is 1.21 bits per heavy atom. The van der Waals surface area contributed by atoms with Gasteiger partial charge in [0.05, 0.1) is 18.0 Å². The molecule has 0 bridgehead atoms. The third-order valence-electron chi connectivity index (χ3n) is 4.84. The van der Waals surface area contributed by atoms with Crippen LogP contribution in [0.1, 0.15) is 47.8 Å². The highest BCUT2D eigenvalue weighted by molar-refractivity contribution is 6.05. The predicted molar refractivity (Wildman–Crippen MR) is 104 cm³/mol. The molecular weight excluding hydrogens is 380 g/mol. The maximum Gasteiger partial charge on any atom is 0.313 e. The van der Waals surface area contributed by atoms with Gasteiger partial charge >= 0.3 is 5.97 Å². The number of carbonyl (C=O) groups is 2. The van der Waals surface area contributed by atoms with Crippen LogP contribution in [0.2, 0.25) is 0 Å². The lowest BCUT2D eigenvalue weighted by Gasteiger charge is -2.13. The zero-order valence-electron chi connectivity index (χ0n) is 16.3. The van der Waals surface area contributed by atoms with Crippen LogP contribution in [0, 0.1) is 18.6 Å². The molecule has 0 saturated carbocycles. The van der Waals surface area contributed by atoms with Crippen molar-refractivity contribution < 1.29 is 28.2 Å². The summed E-state index contributed by atoms with van der Waals surface area (Å²) < 4.78 is 34.9. The summed E-state index contributed by atoms with van der Waals surface area (Å²) in [6.07, 6.45) is 0.631. The Bertz CT molecular complexity index is 1100. The number of benzene rings is 2. The number of fused-ring (bicyclic) bond motifs is 1. The van der Waals surface area contributed by atoms with E-state index in [1.807, 2.05) is 6.92 Å². The topological polar surface area (TPSA) is 68.5 Å². The molecule has 29 heavy (non-hydrogen) atoms. The number of carbonyl (C=O) groups excluding carboxylic acids is 2. The molecule has 0 saturated heterocycles. The van der Waals surface area contributed by atoms with Gasteiger partial charge in [-0.3, -0.25) is 14.2 Å². The lowest BCUT2D eigenvalue weighted by molar-refractivity contribution is -0.145. The zero-order chi connectivity index (χ0) is 21.3. The standard InChI is InChI=1S/C22H21F2NO4/c1-4-10-29-22(28)12(2)18-13(3)25(16-8-9-17(26)20(24)19(16)18)21(27)14-6-5-7-15(23)11-14/h5-9,11-12,26H,4,10H2,1-3H3. The van der Waals surface area contributed by atoms with Gasteiger partial charge in [0.15, 0.2) is 11.6 Å². The van der Waals surface area contributed by atoms with Gasteiger partial charge in [-0.15, -0.1) is 0 Å². The smallest absolute Gasteiger partial charge is 0.313 e. The molecule has 1 unspecified atom stereocenters. The Hall–Kier alpha value is -3.22. The maximum atomic E-state index is 14.9. The molecule has 3 rings (SSSR count). The van der Waals surface area contributed by atoms with Crippen molar-refractivity contribution in [3.63, 3.8) is 0 Å². The Balaban J connectivity index is 2.25. The molecule has 0 fully saturated rings. The highest BCUT2D eigenvalue weighted by Crippen LogP contribution is 2.37. The average Bonchev–Trinajstić information content (AvgIpc) is 3.00. The summed E-state index contributed by atoms with van der Waals surface area (Å²) in [6.45, 7) is 5.20. The van der Waals surface area contributed by atoms with E-state index in [2.05, 4.69) is 0 Å². The fourth-order valence-corrected chi connectivity index (χ4v) is 3.47. The van der Waals surface area contributed by atoms with E-state index in [9.17, 15) is 23.5 Å². The zero-order valence-corrected chi connectivity index (χ0v) is 16.3. The van der Waals surface area contributed by atoms with Gasteiger partial charge in [0, 0.05) is 16.6 Å². The van der Waals surface area contributed by atoms with Gasteiger partial charge in [0.1, 0.15) is 5.82 Å². The molecule has 0 spiro atoms. The molecule has 0 aliphatic carbocycles. The first-order chi connectivity index (χ1) is 13.8. The van der Waals surface area contributed by atoms with Crippen molar-refractivity contribution in [3.8, 4) is 5.75 Å². The molecule has 0 amide bonds. The van der Waals surface area contributed by atoms with Crippen LogP contribution in [0.4, 0.5) is 8.78 Å². The Morgan fingerprint density at radius 2 is 1.93 bits per heavy atom. The number of phenolic OH excluding ortho intramolecular Hbond substituents is 1. The second kappa shape index (κ2) is 8.03. The number of halogens is 2. The highest BCUT2D eigenvalue weighted by atomic mass is 19.1. The molecule has 0 aliphatic heterocycles. The Kier molecular flexibility index (Phi) is 5.68. The van der Waals surface area contributed by atoms with Crippen molar-refractivity contribution in [2.75, 3.05) is 6.61 Å². The molecule has 1 atom stereocenters. The minimum absolute atomic E-state index is 0.0341. The first-order valence-corrected chi connectivity index (χ1v) is 9.27. The van der Waals surface area contributed by atoms with Crippen LogP contribution in [0.25, 0.3) is 10.9 Å². The van der Waals surface area contributed by atoms with E-state index >= 15 is 0 Å². The first-order valence-electron chi connectivity index (χ1n) is 9.27. The summed E-state index contributed by atoms with van der Waals surface area (Å²) in [5.74, 6) is -4.11. The predicted octanol–water partition coefficient (Wildman–Crippen LogP) is 4.68. The van der Waals surface area contributed by atoms with Gasteiger partial charge in [0.2, 0.25) is 0 Å². The van der Waals surface area contributed by atoms with Gasteiger partial charge in [-0.25, -0.2) is 8.78 Å². The number of ether oxygens (including phenoxy) is 1. The van der Waals surface area contributed by atoms with Crippen LogP contribution in [0.15, 0.2) is 36.4 Å². The third kappa shape index (κ3) is 3.60. The molecule has 2 aromatic carbocycles. The van der Waals surface area contributed by atoms with Crippen LogP contribution >= 0.6 is 0 Å². The minimum atomic E-state index is -0.929. The average molecular weight is 401 g/mol. The molecule has 152 valence electrons. The van der Waals surface area contributed by atoms with Crippen molar-refractivity contribution in [3.05, 3.63) is 64.9 Å². The summed E-state index contributed by atoms with van der Waals surface area (Å²) in [7, 11) is 0. The highest BCUT2D eigenvalue weighted by Gasteiger charge is 2.30. The minimum Gasteiger partial charge on any atom is -0.505 e. The lowest BCUT2D eigenvalue weighted by Crippen LogP contribution is -2.17. The van der Waals surface area contributed by atoms with Gasteiger partial charge in [-0.1, -0.05) is 13.0 Å². The summed E-state index contributed by atoms with van der Waals surface area (Å²) >= 11 is 0. The molecule has 1 aromatic heterocycles. The van der Waals surface area contributed by atoms with Crippen molar-refractivity contribution in [1.82, 2.24) is 4.57 Å². The maximum absolute atomic E-state index is 14.9. The number of esters is 1. The summed E-state index contributed by atoms with van der Waals surface area (Å²) in [6, 6.07) is 7.69. The van der Waals surface area contributed by atoms with Crippen LogP contribution in [-0.2, 0) is 9.53 Å². The number of hydrogen-bond donors (Lipinski definition) is 1. The van der Waals surface area contributed by atoms with Crippen LogP contribution in [0.3, 0.4) is 0 Å². The van der Waals surface area contributed by atoms with Gasteiger partial charge in [-0.2, -0.15) is 0 Å². The van der Waals surface area contributed by atoms with Crippen LogP contribution in [0.5, 0.6) is 5.75 Å². The van der Waals surface area contributed by atoms with Crippen molar-refractivity contribution in [2.45, 2.75) is 33.1 Å². The van der Waals surface area contributed by atoms with E-state index in [1.54, 1.807) is 13.8 Å². The van der Waals surface area contributed by atoms with E-state index in [-0.39, 0.29) is 28.6 Å². The van der Waals surface area contributed by atoms with E-state index in [4.69, 9.17) is 4.74 Å². The molecule has 0 radical (unpaired) electrons. The SMILES string of the molecule is CCCOC(=O)C(C)c1c(C)n(C(=O)c2cccc(F)c2)c2ccc(O)c(F)c12. The number of nitrogens with zero attached hydrogens (tertiary/aromatic N) is 1. The first kappa shape index (κ1) is 20.5. The number of phenols is 1. The quantitative estimate of drug-likeness (QED) is 0.631. The fourth-order valence-electron chi connectivity index (χ4n) is 3.47. The molecule has 5 nitrogen and oxygen atoms in total. The van der Waals surface area contributed by atoms with E-state index in [0.717, 1.165) is 12.1 Å². The number of aromatic hydroxyl groups is 1. The molecular formula is C22H21F2NO4. The monoisotopic (exact) mass is 401 g/mol. The third-order valence-corrected chi connectivity index (χ3v) is 4.84. The van der Waals surface area contributed by atoms with E-state index < -0.39 is 35.2 Å². The second-order valence-electron chi connectivity index (χ2n) is 6.83. The molecule has 1 N–H and O–H groups in total. The number of rotatable bonds is 5. The summed E-state index contributed by atoms with van der Waals surface area (Å²) in [5, 5.41) is 9.83. The molecule has 3 aromatic rings. The normalized spacial score (nSPS) is 12.2. The van der Waals surface area contributed by atoms with Crippen molar-refractivity contribution in [2.24, 2.45) is 0 Å². The fraction of sp³-hybridized carbons (Fsp3) is 0.273. The van der Waals surface area contributed by atoms with E-state index in [1.165, 1.54) is 28.8 Å².